The first-order chi connectivity index (χ1) is 20.2. The number of carbonyl (C=O) groups is 1. The highest BCUT2D eigenvalue weighted by Gasteiger charge is 2.36. The molecule has 1 aliphatic carbocycles. The second-order valence-electron chi connectivity index (χ2n) is 12.8. The van der Waals surface area contributed by atoms with Crippen molar-refractivity contribution in [3.05, 3.63) is 47.3 Å². The number of rotatable bonds is 8. The molecule has 1 saturated carbocycles. The number of piperidine rings is 1. The molecule has 3 aliphatic rings. The molecule has 2 aliphatic heterocycles. The SMILES string of the molecule is CC(C)(C)OC(=O)N(CC1CC1)[C@@H]1CCCN(c2ccn(Cn3cc(-c4cncc(N5CCCC5)n4)nn3)c(=O)c2)C1. The van der Waals surface area contributed by atoms with E-state index >= 15 is 0 Å². The Morgan fingerprint density at radius 1 is 1.05 bits per heavy atom. The zero-order valence-electron chi connectivity index (χ0n) is 24.9. The Labute approximate surface area is 246 Å². The van der Waals surface area contributed by atoms with Crippen LogP contribution >= 0.6 is 0 Å². The summed E-state index contributed by atoms with van der Waals surface area (Å²) in [6.45, 7) is 10.2. The van der Waals surface area contributed by atoms with Gasteiger partial charge in [-0.3, -0.25) is 14.3 Å². The first-order valence-electron chi connectivity index (χ1n) is 15.1. The molecule has 12 nitrogen and oxygen atoms in total. The number of amides is 1. The molecule has 0 bridgehead atoms. The molecular weight excluding hydrogens is 534 g/mol. The highest BCUT2D eigenvalue weighted by molar-refractivity contribution is 5.69. The zero-order chi connectivity index (χ0) is 29.3. The van der Waals surface area contributed by atoms with Crippen molar-refractivity contribution in [2.24, 2.45) is 5.92 Å². The van der Waals surface area contributed by atoms with Gasteiger partial charge < -0.3 is 19.4 Å². The fourth-order valence-corrected chi connectivity index (χ4v) is 5.75. The molecule has 2 saturated heterocycles. The van der Waals surface area contributed by atoms with Crippen LogP contribution in [0.1, 0.15) is 59.3 Å². The maximum Gasteiger partial charge on any atom is 0.410 e. The quantitative estimate of drug-likeness (QED) is 0.397. The van der Waals surface area contributed by atoms with Crippen LogP contribution in [0.3, 0.4) is 0 Å². The summed E-state index contributed by atoms with van der Waals surface area (Å²) in [6, 6.07) is 3.69. The van der Waals surface area contributed by atoms with Crippen molar-refractivity contribution < 1.29 is 9.53 Å². The lowest BCUT2D eigenvalue weighted by atomic mass is 10.0. The van der Waals surface area contributed by atoms with Gasteiger partial charge in [-0.15, -0.1) is 5.10 Å². The van der Waals surface area contributed by atoms with Crippen LogP contribution in [-0.2, 0) is 11.4 Å². The summed E-state index contributed by atoms with van der Waals surface area (Å²) in [6.07, 6.45) is 13.4. The standard InChI is InChI=1S/C30H41N9O3/c1-30(2,3)42-29(41)39(18-22-8-9-22)24-7-6-13-36(19-24)23-10-14-37(28(40)15-23)21-38-20-26(33-34-38)25-16-31-17-27(32-25)35-11-4-5-12-35/h10,14-17,20,22,24H,4-9,11-13,18-19,21H2,1-3H3/t24-/m1/s1. The molecule has 3 aromatic heterocycles. The van der Waals surface area contributed by atoms with Gasteiger partial charge in [0.1, 0.15) is 29.5 Å². The highest BCUT2D eigenvalue weighted by Crippen LogP contribution is 2.32. The van der Waals surface area contributed by atoms with Gasteiger partial charge >= 0.3 is 6.09 Å². The Morgan fingerprint density at radius 3 is 2.57 bits per heavy atom. The van der Waals surface area contributed by atoms with E-state index < -0.39 is 5.60 Å². The number of nitrogens with zero attached hydrogens (tertiary/aromatic N) is 9. The fraction of sp³-hybridized carbons (Fsp3) is 0.600. The van der Waals surface area contributed by atoms with Crippen molar-refractivity contribution in [1.29, 1.82) is 0 Å². The third-order valence-corrected chi connectivity index (χ3v) is 8.11. The van der Waals surface area contributed by atoms with Crippen molar-refractivity contribution in [1.82, 2.24) is 34.4 Å². The summed E-state index contributed by atoms with van der Waals surface area (Å²) >= 11 is 0. The van der Waals surface area contributed by atoms with Gasteiger partial charge in [0.05, 0.1) is 24.6 Å². The van der Waals surface area contributed by atoms with Crippen molar-refractivity contribution in [3.8, 4) is 11.4 Å². The molecule has 0 unspecified atom stereocenters. The Hall–Kier alpha value is -3.96. The number of carbonyl (C=O) groups excluding carboxylic acids is 1. The molecule has 5 heterocycles. The van der Waals surface area contributed by atoms with E-state index in [0.29, 0.717) is 23.9 Å². The smallest absolute Gasteiger partial charge is 0.410 e. The van der Waals surface area contributed by atoms with Crippen LogP contribution in [0.5, 0.6) is 0 Å². The van der Waals surface area contributed by atoms with Crippen LogP contribution in [-0.4, -0.2) is 84.9 Å². The van der Waals surface area contributed by atoms with E-state index in [2.05, 4.69) is 25.1 Å². The van der Waals surface area contributed by atoms with Gasteiger partial charge in [-0.2, -0.15) is 0 Å². The predicted octanol–water partition coefficient (Wildman–Crippen LogP) is 3.62. The minimum Gasteiger partial charge on any atom is -0.444 e. The molecule has 42 heavy (non-hydrogen) atoms. The van der Waals surface area contributed by atoms with Crippen LogP contribution < -0.4 is 15.4 Å². The number of aromatic nitrogens is 6. The maximum absolute atomic E-state index is 13.2. The Morgan fingerprint density at radius 2 is 1.83 bits per heavy atom. The monoisotopic (exact) mass is 575 g/mol. The normalized spacial score (nSPS) is 19.3. The molecule has 0 radical (unpaired) electrons. The van der Waals surface area contributed by atoms with Crippen LogP contribution in [0.2, 0.25) is 0 Å². The molecule has 0 aromatic carbocycles. The fourth-order valence-electron chi connectivity index (χ4n) is 5.75. The van der Waals surface area contributed by atoms with Crippen molar-refractivity contribution in [2.75, 3.05) is 42.5 Å². The van der Waals surface area contributed by atoms with Gasteiger partial charge in [0, 0.05) is 50.7 Å². The van der Waals surface area contributed by atoms with E-state index in [4.69, 9.17) is 9.72 Å². The molecule has 6 rings (SSSR count). The molecule has 3 aromatic rings. The van der Waals surface area contributed by atoms with Gasteiger partial charge in [0.15, 0.2) is 0 Å². The maximum atomic E-state index is 13.2. The summed E-state index contributed by atoms with van der Waals surface area (Å²) < 4.78 is 9.01. The molecule has 224 valence electrons. The third kappa shape index (κ3) is 6.74. The van der Waals surface area contributed by atoms with Gasteiger partial charge in [0.2, 0.25) is 0 Å². The van der Waals surface area contributed by atoms with E-state index in [0.717, 1.165) is 50.5 Å². The summed E-state index contributed by atoms with van der Waals surface area (Å²) in [5.74, 6) is 1.42. The first kappa shape index (κ1) is 28.2. The van der Waals surface area contributed by atoms with Crippen molar-refractivity contribution >= 4 is 17.6 Å². The van der Waals surface area contributed by atoms with Gasteiger partial charge in [-0.05, 0) is 71.3 Å². The summed E-state index contributed by atoms with van der Waals surface area (Å²) in [4.78, 5) is 41.7. The predicted molar refractivity (Wildman–Crippen MR) is 159 cm³/mol. The summed E-state index contributed by atoms with van der Waals surface area (Å²) in [5, 5.41) is 8.52. The largest absolute Gasteiger partial charge is 0.444 e. The van der Waals surface area contributed by atoms with Crippen molar-refractivity contribution in [2.45, 2.75) is 77.6 Å². The summed E-state index contributed by atoms with van der Waals surface area (Å²) in [7, 11) is 0. The number of hydrogen-bond acceptors (Lipinski definition) is 9. The topological polar surface area (TPSA) is 115 Å². The van der Waals surface area contributed by atoms with Gasteiger partial charge in [-0.1, -0.05) is 5.21 Å². The molecule has 1 amide bonds. The van der Waals surface area contributed by atoms with E-state index in [1.165, 1.54) is 25.7 Å². The second-order valence-corrected chi connectivity index (χ2v) is 12.8. The lowest BCUT2D eigenvalue weighted by Crippen LogP contribution is -2.52. The second kappa shape index (κ2) is 11.7. The van der Waals surface area contributed by atoms with Crippen LogP contribution in [0.25, 0.3) is 11.4 Å². The highest BCUT2D eigenvalue weighted by atomic mass is 16.6. The molecule has 3 fully saturated rings. The average Bonchev–Trinajstić information content (AvgIpc) is 3.40. The van der Waals surface area contributed by atoms with Crippen LogP contribution in [0, 0.1) is 5.92 Å². The number of anilines is 2. The summed E-state index contributed by atoms with van der Waals surface area (Å²) in [5.41, 5.74) is 1.49. The minimum absolute atomic E-state index is 0.0530. The molecule has 0 spiro atoms. The Balaban J connectivity index is 1.12. The molecule has 0 N–H and O–H groups in total. The van der Waals surface area contributed by atoms with E-state index in [1.807, 2.05) is 31.7 Å². The van der Waals surface area contributed by atoms with Gasteiger partial charge in [-0.25, -0.2) is 14.5 Å². The van der Waals surface area contributed by atoms with Crippen LogP contribution in [0.4, 0.5) is 16.3 Å². The zero-order valence-corrected chi connectivity index (χ0v) is 24.9. The van der Waals surface area contributed by atoms with E-state index in [9.17, 15) is 9.59 Å². The Bertz CT molecular complexity index is 1450. The molecular formula is C30H41N9O3. The van der Waals surface area contributed by atoms with E-state index in [1.54, 1.807) is 40.1 Å². The van der Waals surface area contributed by atoms with E-state index in [-0.39, 0.29) is 24.4 Å². The lowest BCUT2D eigenvalue weighted by Gasteiger charge is -2.40. The lowest BCUT2D eigenvalue weighted by molar-refractivity contribution is 0.0134. The average molecular weight is 576 g/mol. The number of ether oxygens (including phenoxy) is 1. The third-order valence-electron chi connectivity index (χ3n) is 8.11. The Kier molecular flexibility index (Phi) is 7.87. The number of pyridine rings is 1. The molecule has 12 heteroatoms. The first-order valence-corrected chi connectivity index (χ1v) is 15.1. The molecule has 1 atom stereocenters. The number of hydrogen-bond donors (Lipinski definition) is 0. The minimum atomic E-state index is -0.534. The van der Waals surface area contributed by atoms with Gasteiger partial charge in [0.25, 0.3) is 5.56 Å². The van der Waals surface area contributed by atoms with Crippen molar-refractivity contribution in [3.63, 3.8) is 0 Å². The van der Waals surface area contributed by atoms with Crippen LogP contribution in [0.15, 0.2) is 41.7 Å².